The van der Waals surface area contributed by atoms with Gasteiger partial charge in [0.1, 0.15) is 0 Å². The first-order valence-electron chi connectivity index (χ1n) is 5.60. The molecule has 0 bridgehead atoms. The standard InChI is InChI=1S/C15H13O3/c1-2-17-18-15(16)14-10-6-9-13(11-14)12-7-4-3-5-8-12/h3-11H,1-2H2. The Morgan fingerprint density at radius 2 is 1.72 bits per heavy atom. The molecule has 2 aromatic rings. The first-order valence-corrected chi connectivity index (χ1v) is 5.60. The highest BCUT2D eigenvalue weighted by molar-refractivity contribution is 5.90. The first kappa shape index (κ1) is 12.3. The van der Waals surface area contributed by atoms with E-state index in [9.17, 15) is 4.79 Å². The summed E-state index contributed by atoms with van der Waals surface area (Å²) in [6.07, 6.45) is 0. The minimum Gasteiger partial charge on any atom is -0.293 e. The molecule has 0 amide bonds. The predicted molar refractivity (Wildman–Crippen MR) is 68.6 cm³/mol. The molecule has 3 heteroatoms. The van der Waals surface area contributed by atoms with Crippen molar-refractivity contribution in [3.8, 4) is 11.1 Å². The quantitative estimate of drug-likeness (QED) is 0.608. The third-order valence-corrected chi connectivity index (χ3v) is 2.42. The molecule has 0 atom stereocenters. The van der Waals surface area contributed by atoms with Crippen molar-refractivity contribution in [3.05, 3.63) is 67.1 Å². The van der Waals surface area contributed by atoms with Crippen LogP contribution in [-0.2, 0) is 9.78 Å². The molecule has 0 aliphatic carbocycles. The van der Waals surface area contributed by atoms with E-state index in [0.717, 1.165) is 11.1 Å². The van der Waals surface area contributed by atoms with Gasteiger partial charge in [0.15, 0.2) is 0 Å². The second-order valence-corrected chi connectivity index (χ2v) is 3.64. The average Bonchev–Trinajstić information content (AvgIpc) is 2.46. The third kappa shape index (κ3) is 2.96. The summed E-state index contributed by atoms with van der Waals surface area (Å²) in [5.41, 5.74) is 2.45. The van der Waals surface area contributed by atoms with Crippen LogP contribution in [0.4, 0.5) is 0 Å². The molecule has 2 rings (SSSR count). The van der Waals surface area contributed by atoms with Crippen LogP contribution in [0, 0.1) is 6.92 Å². The molecule has 0 aliphatic rings. The molecule has 0 spiro atoms. The molecule has 3 nitrogen and oxygen atoms in total. The molecule has 0 aromatic heterocycles. The van der Waals surface area contributed by atoms with Crippen LogP contribution >= 0.6 is 0 Å². The number of hydrogen-bond donors (Lipinski definition) is 0. The molecule has 1 radical (unpaired) electrons. The van der Waals surface area contributed by atoms with Crippen LogP contribution < -0.4 is 0 Å². The zero-order chi connectivity index (χ0) is 12.8. The van der Waals surface area contributed by atoms with Crippen LogP contribution in [-0.4, -0.2) is 12.6 Å². The van der Waals surface area contributed by atoms with Gasteiger partial charge in [0.25, 0.3) is 0 Å². The second kappa shape index (κ2) is 5.98. The molecular weight excluding hydrogens is 228 g/mol. The Labute approximate surface area is 106 Å². The van der Waals surface area contributed by atoms with Gasteiger partial charge in [-0.05, 0) is 30.2 Å². The Morgan fingerprint density at radius 1 is 1.00 bits per heavy atom. The van der Waals surface area contributed by atoms with Crippen molar-refractivity contribution in [3.63, 3.8) is 0 Å². The molecule has 91 valence electrons. The Kier molecular flexibility index (Phi) is 4.10. The van der Waals surface area contributed by atoms with Gasteiger partial charge in [-0.2, -0.15) is 4.89 Å². The zero-order valence-corrected chi connectivity index (χ0v) is 9.84. The van der Waals surface area contributed by atoms with Gasteiger partial charge in [-0.1, -0.05) is 42.5 Å². The molecule has 0 saturated carbocycles. The summed E-state index contributed by atoms with van der Waals surface area (Å²) in [7, 11) is 0. The van der Waals surface area contributed by atoms with Gasteiger partial charge in [-0.25, -0.2) is 4.79 Å². The van der Waals surface area contributed by atoms with Crippen molar-refractivity contribution in [1.29, 1.82) is 0 Å². The van der Waals surface area contributed by atoms with Gasteiger partial charge in [0, 0.05) is 0 Å². The largest absolute Gasteiger partial charge is 0.373 e. The van der Waals surface area contributed by atoms with Crippen molar-refractivity contribution in [2.45, 2.75) is 0 Å². The number of benzene rings is 2. The number of carbonyl (C=O) groups excluding carboxylic acids is 1. The predicted octanol–water partition coefficient (Wildman–Crippen LogP) is 3.28. The highest BCUT2D eigenvalue weighted by Crippen LogP contribution is 2.20. The maximum absolute atomic E-state index is 11.6. The minimum atomic E-state index is -0.517. The molecule has 0 aliphatic heterocycles. The molecule has 0 heterocycles. The van der Waals surface area contributed by atoms with E-state index in [2.05, 4.69) is 16.7 Å². The van der Waals surface area contributed by atoms with E-state index in [1.165, 1.54) is 0 Å². The maximum Gasteiger partial charge on any atom is 0.373 e. The highest BCUT2D eigenvalue weighted by Gasteiger charge is 2.09. The van der Waals surface area contributed by atoms with E-state index in [0.29, 0.717) is 5.56 Å². The van der Waals surface area contributed by atoms with Crippen molar-refractivity contribution in [2.24, 2.45) is 0 Å². The van der Waals surface area contributed by atoms with E-state index in [4.69, 9.17) is 0 Å². The molecule has 0 saturated heterocycles. The summed E-state index contributed by atoms with van der Waals surface area (Å²) in [5, 5.41) is 0. The van der Waals surface area contributed by atoms with E-state index in [1.807, 2.05) is 42.5 Å². The van der Waals surface area contributed by atoms with Gasteiger partial charge in [0.05, 0.1) is 12.2 Å². The van der Waals surface area contributed by atoms with Crippen LogP contribution in [0.2, 0.25) is 0 Å². The van der Waals surface area contributed by atoms with Crippen molar-refractivity contribution in [1.82, 2.24) is 0 Å². The fourth-order valence-corrected chi connectivity index (χ4v) is 1.60. The van der Waals surface area contributed by atoms with Crippen LogP contribution in [0.1, 0.15) is 10.4 Å². The lowest BCUT2D eigenvalue weighted by molar-refractivity contribution is -0.232. The van der Waals surface area contributed by atoms with Gasteiger partial charge in [-0.15, -0.1) is 0 Å². The maximum atomic E-state index is 11.6. The summed E-state index contributed by atoms with van der Waals surface area (Å²) < 4.78 is 0. The van der Waals surface area contributed by atoms with E-state index < -0.39 is 5.97 Å². The second-order valence-electron chi connectivity index (χ2n) is 3.64. The summed E-state index contributed by atoms with van der Waals surface area (Å²) >= 11 is 0. The third-order valence-electron chi connectivity index (χ3n) is 2.42. The van der Waals surface area contributed by atoms with E-state index in [1.54, 1.807) is 12.1 Å². The van der Waals surface area contributed by atoms with Gasteiger partial charge in [-0.3, -0.25) is 4.89 Å². The fourth-order valence-electron chi connectivity index (χ4n) is 1.60. The van der Waals surface area contributed by atoms with Crippen LogP contribution in [0.5, 0.6) is 0 Å². The molecule has 0 unspecified atom stereocenters. The van der Waals surface area contributed by atoms with Crippen molar-refractivity contribution >= 4 is 5.97 Å². The molecule has 2 aromatic carbocycles. The number of carbonyl (C=O) groups is 1. The van der Waals surface area contributed by atoms with Crippen molar-refractivity contribution < 1.29 is 14.6 Å². The van der Waals surface area contributed by atoms with Gasteiger partial charge < -0.3 is 0 Å². The van der Waals surface area contributed by atoms with Crippen LogP contribution in [0.3, 0.4) is 0 Å². The summed E-state index contributed by atoms with van der Waals surface area (Å²) in [6, 6.07) is 17.0. The van der Waals surface area contributed by atoms with Crippen LogP contribution in [0.15, 0.2) is 54.6 Å². The Morgan fingerprint density at radius 3 is 2.44 bits per heavy atom. The first-order chi connectivity index (χ1) is 8.81. The van der Waals surface area contributed by atoms with E-state index in [-0.39, 0.29) is 6.61 Å². The Balaban J connectivity index is 2.23. The normalized spacial score (nSPS) is 10.1. The summed E-state index contributed by atoms with van der Waals surface area (Å²) in [4.78, 5) is 20.7. The molecular formula is C15H13O3. The SMILES string of the molecule is [CH2]COOC(=O)c1cccc(-c2ccccc2)c1. The minimum absolute atomic E-state index is 0.0874. The highest BCUT2D eigenvalue weighted by atomic mass is 17.2. The van der Waals surface area contributed by atoms with E-state index >= 15 is 0 Å². The monoisotopic (exact) mass is 241 g/mol. The topological polar surface area (TPSA) is 35.5 Å². The summed E-state index contributed by atoms with van der Waals surface area (Å²) in [5.74, 6) is -0.517. The lowest BCUT2D eigenvalue weighted by atomic mass is 10.0. The van der Waals surface area contributed by atoms with Gasteiger partial charge >= 0.3 is 5.97 Å². The molecule has 18 heavy (non-hydrogen) atoms. The number of hydrogen-bond acceptors (Lipinski definition) is 3. The Bertz CT molecular complexity index is 520. The van der Waals surface area contributed by atoms with Gasteiger partial charge in [0.2, 0.25) is 0 Å². The molecule has 0 fully saturated rings. The Hall–Kier alpha value is -2.13. The fraction of sp³-hybridized carbons (Fsp3) is 0.0667. The lowest BCUT2D eigenvalue weighted by Crippen LogP contribution is -2.05. The molecule has 0 N–H and O–H groups in total. The summed E-state index contributed by atoms with van der Waals surface area (Å²) in [6.45, 7) is 3.50. The van der Waals surface area contributed by atoms with Crippen molar-refractivity contribution in [2.75, 3.05) is 6.61 Å². The zero-order valence-electron chi connectivity index (χ0n) is 9.84. The smallest absolute Gasteiger partial charge is 0.293 e. The lowest BCUT2D eigenvalue weighted by Gasteiger charge is -2.04. The van der Waals surface area contributed by atoms with Crippen LogP contribution in [0.25, 0.3) is 11.1 Å². The average molecular weight is 241 g/mol. The number of rotatable bonds is 4.